The third kappa shape index (κ3) is 51.5. The second-order valence-electron chi connectivity index (χ2n) is 26.7. The van der Waals surface area contributed by atoms with Crippen molar-refractivity contribution in [3.05, 3.63) is 36.5 Å². The smallest absolute Gasteiger partial charge is 0.249 e. The Hall–Kier alpha value is -1.67. The Bertz CT molecular complexity index is 1510. The van der Waals surface area contributed by atoms with E-state index >= 15 is 0 Å². The number of carbonyl (C=O) groups excluding carboxylic acids is 1. The van der Waals surface area contributed by atoms with Crippen LogP contribution in [0.25, 0.3) is 0 Å². The fourth-order valence-electron chi connectivity index (χ4n) is 12.3. The van der Waals surface area contributed by atoms with Crippen LogP contribution in [-0.4, -0.2) is 110 Å². The number of hydrogen-bond donors (Lipinski definition) is 8. The van der Waals surface area contributed by atoms with Crippen LogP contribution in [0, 0.1) is 0 Å². The summed E-state index contributed by atoms with van der Waals surface area (Å²) in [7, 11) is 0. The summed E-state index contributed by atoms with van der Waals surface area (Å²) in [6.07, 6.45) is 72.5. The molecule has 1 heterocycles. The van der Waals surface area contributed by atoms with Gasteiger partial charge in [0.15, 0.2) is 6.29 Å². The Labute approximate surface area is 537 Å². The summed E-state index contributed by atoms with van der Waals surface area (Å²) >= 11 is 0. The molecule has 1 fully saturated rings. The van der Waals surface area contributed by atoms with Crippen molar-refractivity contribution >= 4 is 5.91 Å². The maximum Gasteiger partial charge on any atom is 0.249 e. The summed E-state index contributed by atoms with van der Waals surface area (Å²) < 4.78 is 11.2. The zero-order valence-electron chi connectivity index (χ0n) is 57.0. The zero-order chi connectivity index (χ0) is 63.1. The quantitative estimate of drug-likeness (QED) is 0.0215. The number of carbonyl (C=O) groups is 1. The molecular formula is C76H145NO10. The van der Waals surface area contributed by atoms with Gasteiger partial charge in [-0.25, -0.2) is 0 Å². The van der Waals surface area contributed by atoms with E-state index in [1.54, 1.807) is 0 Å². The van der Waals surface area contributed by atoms with Gasteiger partial charge in [-0.1, -0.05) is 333 Å². The molecule has 0 bridgehead atoms. The lowest BCUT2D eigenvalue weighted by Gasteiger charge is -2.40. The van der Waals surface area contributed by atoms with E-state index in [4.69, 9.17) is 9.47 Å². The number of unbranched alkanes of at least 4 members (excludes halogenated alkanes) is 49. The minimum absolute atomic E-state index is 0.248. The topological polar surface area (TPSA) is 189 Å². The van der Waals surface area contributed by atoms with E-state index in [1.807, 2.05) is 0 Å². The largest absolute Gasteiger partial charge is 0.394 e. The molecule has 8 N–H and O–H groups in total. The molecule has 0 aromatic heterocycles. The Balaban J connectivity index is 2.19. The highest BCUT2D eigenvalue weighted by Gasteiger charge is 2.44. The van der Waals surface area contributed by atoms with Gasteiger partial charge in [0.25, 0.3) is 0 Å². The molecule has 9 unspecified atom stereocenters. The first-order valence-electron chi connectivity index (χ1n) is 37.9. The molecule has 0 saturated carbocycles. The van der Waals surface area contributed by atoms with Crippen LogP contribution in [0.3, 0.4) is 0 Å². The predicted octanol–water partition coefficient (Wildman–Crippen LogP) is 18.9. The van der Waals surface area contributed by atoms with E-state index in [2.05, 4.69) is 55.6 Å². The third-order valence-electron chi connectivity index (χ3n) is 18.4. The van der Waals surface area contributed by atoms with Gasteiger partial charge in [0.1, 0.15) is 36.6 Å². The molecule has 1 amide bonds. The molecule has 0 aromatic carbocycles. The van der Waals surface area contributed by atoms with Crippen molar-refractivity contribution in [2.24, 2.45) is 0 Å². The number of aliphatic hydroxyl groups is 7. The number of allylic oxidation sites excluding steroid dienone is 6. The lowest BCUT2D eigenvalue weighted by molar-refractivity contribution is -0.303. The van der Waals surface area contributed by atoms with Crippen LogP contribution in [0.5, 0.6) is 0 Å². The lowest BCUT2D eigenvalue weighted by atomic mass is 9.98. The molecule has 1 aliphatic rings. The van der Waals surface area contributed by atoms with Gasteiger partial charge in [0.2, 0.25) is 5.91 Å². The van der Waals surface area contributed by atoms with Gasteiger partial charge in [-0.2, -0.15) is 0 Å². The monoisotopic (exact) mass is 1230 g/mol. The SMILES string of the molecule is CCCCCCCCCCCCCC/C=C\CCCCCCCCCCCCCCCC(O)C(=O)NC(COC1OC(CO)C(O)C(O)C1O)C(O)C(O)CCC/C=C/CC/C=C/CCCCCCCCCCCCCCCCCCCCCCCC. The minimum Gasteiger partial charge on any atom is -0.394 e. The average Bonchev–Trinajstić information content (AvgIpc) is 1.98. The predicted molar refractivity (Wildman–Crippen MR) is 367 cm³/mol. The van der Waals surface area contributed by atoms with E-state index in [1.165, 1.54) is 289 Å². The van der Waals surface area contributed by atoms with Crippen LogP contribution in [-0.2, 0) is 14.3 Å². The van der Waals surface area contributed by atoms with Crippen LogP contribution in [0.2, 0.25) is 0 Å². The Morgan fingerprint density at radius 2 is 0.690 bits per heavy atom. The van der Waals surface area contributed by atoms with Gasteiger partial charge in [-0.3, -0.25) is 4.79 Å². The zero-order valence-corrected chi connectivity index (χ0v) is 57.0. The van der Waals surface area contributed by atoms with E-state index in [-0.39, 0.29) is 12.8 Å². The molecule has 9 atom stereocenters. The van der Waals surface area contributed by atoms with E-state index in [0.29, 0.717) is 19.3 Å². The number of rotatable bonds is 67. The molecular weight excluding hydrogens is 1090 g/mol. The first kappa shape index (κ1) is 83.3. The fraction of sp³-hybridized carbons (Fsp3) is 0.908. The van der Waals surface area contributed by atoms with Crippen molar-refractivity contribution < 1.29 is 50.0 Å². The first-order valence-corrected chi connectivity index (χ1v) is 37.9. The third-order valence-corrected chi connectivity index (χ3v) is 18.4. The number of amides is 1. The van der Waals surface area contributed by atoms with Gasteiger partial charge in [0, 0.05) is 0 Å². The fourth-order valence-corrected chi connectivity index (χ4v) is 12.3. The Morgan fingerprint density at radius 1 is 0.391 bits per heavy atom. The van der Waals surface area contributed by atoms with Crippen molar-refractivity contribution in [1.29, 1.82) is 0 Å². The van der Waals surface area contributed by atoms with Crippen LogP contribution in [0.15, 0.2) is 36.5 Å². The van der Waals surface area contributed by atoms with Gasteiger partial charge in [0.05, 0.1) is 25.4 Å². The van der Waals surface area contributed by atoms with Crippen molar-refractivity contribution in [3.63, 3.8) is 0 Å². The molecule has 0 spiro atoms. The lowest BCUT2D eigenvalue weighted by Crippen LogP contribution is -2.60. The number of nitrogens with one attached hydrogen (secondary N) is 1. The summed E-state index contributed by atoms with van der Waals surface area (Å²) in [6, 6.07) is -1.19. The average molecular weight is 1230 g/mol. The Kier molecular flexibility index (Phi) is 61.7. The molecule has 87 heavy (non-hydrogen) atoms. The molecule has 0 radical (unpaired) electrons. The van der Waals surface area contributed by atoms with Crippen molar-refractivity contribution in [2.45, 2.75) is 428 Å². The first-order chi connectivity index (χ1) is 42.7. The normalized spacial score (nSPS) is 18.8. The number of hydrogen-bond acceptors (Lipinski definition) is 10. The van der Waals surface area contributed by atoms with Crippen LogP contribution in [0.1, 0.15) is 373 Å². The summed E-state index contributed by atoms with van der Waals surface area (Å²) in [5, 5.41) is 76.6. The molecule has 11 heteroatoms. The molecule has 1 aliphatic heterocycles. The van der Waals surface area contributed by atoms with E-state index in [0.717, 1.165) is 38.5 Å². The minimum atomic E-state index is -1.67. The summed E-state index contributed by atoms with van der Waals surface area (Å²) in [5.74, 6) is -0.705. The van der Waals surface area contributed by atoms with Crippen LogP contribution >= 0.6 is 0 Å². The molecule has 0 aliphatic carbocycles. The summed E-state index contributed by atoms with van der Waals surface area (Å²) in [6.45, 7) is 3.50. The van der Waals surface area contributed by atoms with Crippen LogP contribution in [0.4, 0.5) is 0 Å². The molecule has 0 aromatic rings. The van der Waals surface area contributed by atoms with Gasteiger partial charge in [-0.15, -0.1) is 0 Å². The highest BCUT2D eigenvalue weighted by atomic mass is 16.7. The maximum atomic E-state index is 13.3. The van der Waals surface area contributed by atoms with Crippen molar-refractivity contribution in [2.75, 3.05) is 13.2 Å². The highest BCUT2D eigenvalue weighted by molar-refractivity contribution is 5.80. The standard InChI is InChI=1S/C76H145NO10/c1-3-5-7-9-11-13-15-17-19-21-23-25-27-29-31-33-34-36-37-39-41-43-45-47-49-51-53-55-57-59-61-63-68(79)71(81)67(66-86-76-74(84)73(83)72(82)70(65-78)87-76)77-75(85)69(80)64-62-60-58-56-54-52-50-48-46-44-42-40-38-35-32-30-28-26-24-22-20-18-16-14-12-10-8-6-4-2/h30,32,47,49,55,57,67-74,76,78-84H,3-29,31,33-46,48,50-54,56,58-66H2,1-2H3,(H,77,85)/b32-30-,49-47+,57-55+. The molecule has 1 rings (SSSR count). The van der Waals surface area contributed by atoms with Crippen molar-refractivity contribution in [3.8, 4) is 0 Å². The molecule has 11 nitrogen and oxygen atoms in total. The Morgan fingerprint density at radius 3 is 1.02 bits per heavy atom. The number of aliphatic hydroxyl groups excluding tert-OH is 7. The molecule has 1 saturated heterocycles. The van der Waals surface area contributed by atoms with Crippen LogP contribution < -0.4 is 5.32 Å². The van der Waals surface area contributed by atoms with Gasteiger partial charge in [-0.05, 0) is 77.0 Å². The second-order valence-corrected chi connectivity index (χ2v) is 26.7. The van der Waals surface area contributed by atoms with Gasteiger partial charge < -0.3 is 50.5 Å². The summed E-state index contributed by atoms with van der Waals surface area (Å²) in [5.41, 5.74) is 0. The van der Waals surface area contributed by atoms with E-state index in [9.17, 15) is 40.5 Å². The van der Waals surface area contributed by atoms with Gasteiger partial charge >= 0.3 is 0 Å². The second kappa shape index (κ2) is 64.4. The van der Waals surface area contributed by atoms with Crippen molar-refractivity contribution in [1.82, 2.24) is 5.32 Å². The molecule has 514 valence electrons. The number of ether oxygens (including phenoxy) is 2. The maximum absolute atomic E-state index is 13.3. The summed E-state index contributed by atoms with van der Waals surface area (Å²) in [4.78, 5) is 13.3. The van der Waals surface area contributed by atoms with E-state index < -0.39 is 74.2 Å². The highest BCUT2D eigenvalue weighted by Crippen LogP contribution is 2.24.